The molecule has 1 aliphatic rings. The maximum absolute atomic E-state index is 5.67. The van der Waals surface area contributed by atoms with E-state index in [9.17, 15) is 0 Å². The van der Waals surface area contributed by atoms with E-state index in [0.717, 1.165) is 0 Å². The summed E-state index contributed by atoms with van der Waals surface area (Å²) in [6, 6.07) is 0. The van der Waals surface area contributed by atoms with Crippen molar-refractivity contribution in [1.82, 2.24) is 10.1 Å². The Kier molecular flexibility index (Phi) is 2.99. The van der Waals surface area contributed by atoms with Gasteiger partial charge < -0.3 is 15.0 Å². The van der Waals surface area contributed by atoms with Crippen LogP contribution >= 0.6 is 0 Å². The first-order chi connectivity index (χ1) is 7.58. The fraction of sp³-hybridized carbons (Fsp3) is 0.818. The number of nitrogens with zero attached hydrogens (tertiary/aromatic N) is 2. The molecule has 1 heterocycles. The lowest BCUT2D eigenvalue weighted by atomic mass is 9.94. The number of ether oxygens (including phenoxy) is 1. The minimum absolute atomic E-state index is 0.0222. The zero-order valence-corrected chi connectivity index (χ0v) is 10.1. The number of hydrogen-bond donors (Lipinski definition) is 1. The second kappa shape index (κ2) is 4.14. The van der Waals surface area contributed by atoms with E-state index in [0.29, 0.717) is 24.2 Å². The van der Waals surface area contributed by atoms with Crippen LogP contribution in [0.2, 0.25) is 0 Å². The molecule has 1 fully saturated rings. The van der Waals surface area contributed by atoms with Crippen molar-refractivity contribution in [1.29, 1.82) is 0 Å². The van der Waals surface area contributed by atoms with Gasteiger partial charge in [0.2, 0.25) is 11.7 Å². The molecule has 2 rings (SSSR count). The predicted molar refractivity (Wildman–Crippen MR) is 58.9 cm³/mol. The Hall–Kier alpha value is -0.940. The molecule has 2 N–H and O–H groups in total. The third kappa shape index (κ3) is 2.10. The molecule has 0 aliphatic heterocycles. The van der Waals surface area contributed by atoms with Crippen LogP contribution < -0.4 is 5.73 Å². The minimum atomic E-state index is -0.271. The van der Waals surface area contributed by atoms with E-state index in [4.69, 9.17) is 15.0 Å². The Morgan fingerprint density at radius 2 is 2.25 bits per heavy atom. The molecule has 0 spiro atoms. The maximum atomic E-state index is 5.67. The van der Waals surface area contributed by atoms with Crippen molar-refractivity contribution in [2.24, 2.45) is 11.7 Å². The van der Waals surface area contributed by atoms with Crippen LogP contribution in [0.4, 0.5) is 0 Å². The van der Waals surface area contributed by atoms with E-state index in [-0.39, 0.29) is 11.5 Å². The average molecular weight is 225 g/mol. The van der Waals surface area contributed by atoms with Crippen molar-refractivity contribution >= 4 is 0 Å². The topological polar surface area (TPSA) is 74.2 Å². The van der Waals surface area contributed by atoms with Crippen LogP contribution in [-0.2, 0) is 10.2 Å². The van der Waals surface area contributed by atoms with Gasteiger partial charge in [0.1, 0.15) is 6.10 Å². The van der Waals surface area contributed by atoms with Crippen LogP contribution in [0.3, 0.4) is 0 Å². The highest BCUT2D eigenvalue weighted by Gasteiger charge is 2.37. The highest BCUT2D eigenvalue weighted by atomic mass is 16.5. The Balaban J connectivity index is 2.17. The summed E-state index contributed by atoms with van der Waals surface area (Å²) in [6.07, 6.45) is 2.34. The molecule has 1 aromatic rings. The Labute approximate surface area is 95.3 Å². The van der Waals surface area contributed by atoms with Crippen LogP contribution in [0, 0.1) is 5.92 Å². The van der Waals surface area contributed by atoms with Crippen molar-refractivity contribution in [2.45, 2.75) is 38.2 Å². The molecule has 1 unspecified atom stereocenters. The number of methoxy groups -OCH3 is 1. The molecule has 0 saturated heterocycles. The van der Waals surface area contributed by atoms with E-state index in [1.165, 1.54) is 12.8 Å². The number of aromatic nitrogens is 2. The van der Waals surface area contributed by atoms with Gasteiger partial charge in [-0.1, -0.05) is 5.16 Å². The summed E-state index contributed by atoms with van der Waals surface area (Å²) < 4.78 is 10.7. The molecule has 5 heteroatoms. The van der Waals surface area contributed by atoms with Gasteiger partial charge in [0.05, 0.1) is 5.41 Å². The third-order valence-corrected chi connectivity index (χ3v) is 3.09. The quantitative estimate of drug-likeness (QED) is 0.820. The van der Waals surface area contributed by atoms with E-state index >= 15 is 0 Å². The van der Waals surface area contributed by atoms with Gasteiger partial charge in [0.15, 0.2) is 0 Å². The van der Waals surface area contributed by atoms with Crippen LogP contribution in [0.1, 0.15) is 44.5 Å². The van der Waals surface area contributed by atoms with Gasteiger partial charge in [-0.3, -0.25) is 0 Å². The zero-order valence-electron chi connectivity index (χ0n) is 10.1. The van der Waals surface area contributed by atoms with Crippen molar-refractivity contribution in [3.05, 3.63) is 11.7 Å². The second-order valence-corrected chi connectivity index (χ2v) is 5.04. The fourth-order valence-corrected chi connectivity index (χ4v) is 1.62. The smallest absolute Gasteiger partial charge is 0.233 e. The van der Waals surface area contributed by atoms with E-state index in [1.807, 2.05) is 13.8 Å². The summed E-state index contributed by atoms with van der Waals surface area (Å²) in [5.74, 6) is 1.80. The fourth-order valence-electron chi connectivity index (χ4n) is 1.62. The third-order valence-electron chi connectivity index (χ3n) is 3.09. The van der Waals surface area contributed by atoms with Gasteiger partial charge in [-0.2, -0.15) is 4.98 Å². The first-order valence-electron chi connectivity index (χ1n) is 5.65. The second-order valence-electron chi connectivity index (χ2n) is 5.04. The lowest BCUT2D eigenvalue weighted by Crippen LogP contribution is -2.28. The summed E-state index contributed by atoms with van der Waals surface area (Å²) in [5, 5.41) is 4.00. The van der Waals surface area contributed by atoms with Gasteiger partial charge in [-0.15, -0.1) is 0 Å². The molecule has 0 radical (unpaired) electrons. The normalized spacial score (nSPS) is 18.8. The van der Waals surface area contributed by atoms with Gasteiger partial charge in [-0.25, -0.2) is 0 Å². The molecule has 1 atom stereocenters. The molecular weight excluding hydrogens is 206 g/mol. The first kappa shape index (κ1) is 11.5. The Morgan fingerprint density at radius 3 is 2.75 bits per heavy atom. The van der Waals surface area contributed by atoms with Crippen molar-refractivity contribution in [3.8, 4) is 0 Å². The zero-order chi connectivity index (χ0) is 11.8. The lowest BCUT2D eigenvalue weighted by molar-refractivity contribution is 0.0751. The molecule has 1 saturated carbocycles. The highest BCUT2D eigenvalue weighted by molar-refractivity contribution is 5.05. The predicted octanol–water partition coefficient (Wildman–Crippen LogP) is 1.40. The average Bonchev–Trinajstić information content (AvgIpc) is 2.96. The molecule has 1 aliphatic carbocycles. The van der Waals surface area contributed by atoms with Crippen LogP contribution in [0.25, 0.3) is 0 Å². The Bertz CT molecular complexity index is 358. The van der Waals surface area contributed by atoms with Crippen molar-refractivity contribution in [2.75, 3.05) is 13.7 Å². The number of nitrogens with two attached hydrogens (primary N) is 1. The SMILES string of the molecule is COC(c1noc(C(C)(C)CN)n1)C1CC1. The largest absolute Gasteiger partial charge is 0.373 e. The molecule has 0 bridgehead atoms. The molecule has 16 heavy (non-hydrogen) atoms. The monoisotopic (exact) mass is 225 g/mol. The summed E-state index contributed by atoms with van der Waals surface area (Å²) in [5.41, 5.74) is 5.40. The summed E-state index contributed by atoms with van der Waals surface area (Å²) in [4.78, 5) is 4.40. The van der Waals surface area contributed by atoms with Crippen LogP contribution in [-0.4, -0.2) is 23.8 Å². The molecule has 1 aromatic heterocycles. The number of hydrogen-bond acceptors (Lipinski definition) is 5. The van der Waals surface area contributed by atoms with Crippen LogP contribution in [0.5, 0.6) is 0 Å². The van der Waals surface area contributed by atoms with Gasteiger partial charge >= 0.3 is 0 Å². The van der Waals surface area contributed by atoms with Crippen molar-refractivity contribution in [3.63, 3.8) is 0 Å². The summed E-state index contributed by atoms with van der Waals surface area (Å²) in [6.45, 7) is 4.46. The highest BCUT2D eigenvalue weighted by Crippen LogP contribution is 2.42. The number of rotatable bonds is 5. The molecular formula is C11H19N3O2. The van der Waals surface area contributed by atoms with E-state index < -0.39 is 0 Å². The first-order valence-corrected chi connectivity index (χ1v) is 5.65. The molecule has 5 nitrogen and oxygen atoms in total. The van der Waals surface area contributed by atoms with Crippen LogP contribution in [0.15, 0.2) is 4.52 Å². The molecule has 90 valence electrons. The lowest BCUT2D eigenvalue weighted by Gasteiger charge is -2.16. The van der Waals surface area contributed by atoms with Crippen molar-refractivity contribution < 1.29 is 9.26 Å². The standard InChI is InChI=1S/C11H19N3O2/c1-11(2,6-12)10-13-9(14-16-10)8(15-3)7-4-5-7/h7-8H,4-6,12H2,1-3H3. The summed E-state index contributed by atoms with van der Waals surface area (Å²) >= 11 is 0. The van der Waals surface area contributed by atoms with Gasteiger partial charge in [-0.05, 0) is 32.6 Å². The Morgan fingerprint density at radius 1 is 1.56 bits per heavy atom. The minimum Gasteiger partial charge on any atom is -0.373 e. The molecule has 0 aromatic carbocycles. The molecule has 0 amide bonds. The van der Waals surface area contributed by atoms with Gasteiger partial charge in [0, 0.05) is 13.7 Å². The van der Waals surface area contributed by atoms with E-state index in [1.54, 1.807) is 7.11 Å². The summed E-state index contributed by atoms with van der Waals surface area (Å²) in [7, 11) is 1.69. The van der Waals surface area contributed by atoms with Gasteiger partial charge in [0.25, 0.3) is 0 Å². The maximum Gasteiger partial charge on any atom is 0.233 e. The van der Waals surface area contributed by atoms with E-state index in [2.05, 4.69) is 10.1 Å².